The van der Waals surface area contributed by atoms with Crippen molar-refractivity contribution < 1.29 is 67.9 Å². The van der Waals surface area contributed by atoms with Gasteiger partial charge in [0.05, 0.1) is 13.1 Å². The van der Waals surface area contributed by atoms with Crippen LogP contribution in [-0.2, 0) is 17.9 Å². The molecule has 2 fully saturated rings. The normalized spacial score (nSPS) is 14.3. The summed E-state index contributed by atoms with van der Waals surface area (Å²) in [6.45, 7) is 12.1. The number of hydrogen-bond donors (Lipinski definition) is 2. The Labute approximate surface area is 435 Å². The maximum Gasteiger partial charge on any atom is 0.573 e. The SMILES string of the molecule is Cc1nc(-c2nc(-c3ccc(OC(F)(F)F)cc3)no2)nn1Cc1ccnc(N2CCN(C)CC2)c1.Cc1nc(-c2nc(-c3ccc(OC(F)(F)F)cc3)no2)nn1Cc1ccnc(N2CCNCC2)c1.O=C(O)C(F)(F)F. The zero-order chi connectivity index (χ0) is 55.8. The molecule has 0 spiro atoms. The average Bonchev–Trinajstić information content (AvgIpc) is 4.23. The second-order valence-electron chi connectivity index (χ2n) is 17.1. The first-order chi connectivity index (χ1) is 37.0. The molecule has 10 rings (SSSR count). The summed E-state index contributed by atoms with van der Waals surface area (Å²) in [4.78, 5) is 42.2. The lowest BCUT2D eigenvalue weighted by Crippen LogP contribution is -2.44. The maximum atomic E-state index is 12.4. The van der Waals surface area contributed by atoms with Crippen molar-refractivity contribution in [1.29, 1.82) is 0 Å². The molecule has 0 amide bonds. The Kier molecular flexibility index (Phi) is 16.8. The number of aliphatic carboxylic acids is 1. The highest BCUT2D eigenvalue weighted by atomic mass is 19.4. The van der Waals surface area contributed by atoms with E-state index in [2.05, 4.69) is 93.0 Å². The molecule has 412 valence electrons. The van der Waals surface area contributed by atoms with Crippen LogP contribution in [0.15, 0.2) is 94.2 Å². The molecule has 2 aliphatic rings. The number of pyridine rings is 2. The first-order valence-corrected chi connectivity index (χ1v) is 23.3. The minimum Gasteiger partial charge on any atom is -0.475 e. The van der Waals surface area contributed by atoms with Gasteiger partial charge in [0.25, 0.3) is 11.8 Å². The fraction of sp³-hybridized carbons (Fsp3) is 0.340. The molecule has 2 aliphatic heterocycles. The molecule has 22 nitrogen and oxygen atoms in total. The monoisotopic (exact) mass is 1100 g/mol. The van der Waals surface area contributed by atoms with Crippen molar-refractivity contribution in [3.8, 4) is 57.7 Å². The number of nitrogens with zero attached hydrogens (tertiary/aromatic N) is 15. The molecule has 6 aromatic heterocycles. The summed E-state index contributed by atoms with van der Waals surface area (Å²) in [5.41, 5.74) is 2.98. The Morgan fingerprint density at radius 3 is 1.37 bits per heavy atom. The number of benzene rings is 2. The molecule has 78 heavy (non-hydrogen) atoms. The Hall–Kier alpha value is -8.74. The largest absolute Gasteiger partial charge is 0.573 e. The van der Waals surface area contributed by atoms with Crippen LogP contribution in [0.5, 0.6) is 11.5 Å². The second-order valence-corrected chi connectivity index (χ2v) is 17.1. The number of carboxylic acid groups (broad SMARTS) is 1. The van der Waals surface area contributed by atoms with E-state index in [0.29, 0.717) is 35.9 Å². The van der Waals surface area contributed by atoms with Crippen molar-refractivity contribution in [3.05, 3.63) is 108 Å². The molecule has 0 saturated carbocycles. The van der Waals surface area contributed by atoms with Crippen molar-refractivity contribution >= 4 is 17.6 Å². The van der Waals surface area contributed by atoms with E-state index < -0.39 is 24.9 Å². The number of likely N-dealkylation sites (N-methyl/N-ethyl adjacent to an activating group) is 1. The van der Waals surface area contributed by atoms with Crippen LogP contribution >= 0.6 is 0 Å². The summed E-state index contributed by atoms with van der Waals surface area (Å²) in [5.74, 6) is 0.885. The molecular weight excluding hydrogens is 1060 g/mol. The van der Waals surface area contributed by atoms with Crippen molar-refractivity contribution in [2.45, 2.75) is 45.8 Å². The van der Waals surface area contributed by atoms with Crippen LogP contribution in [0.2, 0.25) is 0 Å². The van der Waals surface area contributed by atoms with E-state index in [0.717, 1.165) is 75.1 Å². The Balaban J connectivity index is 0.000000184. The summed E-state index contributed by atoms with van der Waals surface area (Å²) in [5, 5.41) is 27.3. The number of ether oxygens (including phenoxy) is 2. The fourth-order valence-corrected chi connectivity index (χ4v) is 7.53. The first kappa shape index (κ1) is 55.5. The van der Waals surface area contributed by atoms with E-state index in [9.17, 15) is 39.5 Å². The third-order valence-corrected chi connectivity index (χ3v) is 11.4. The Morgan fingerprint density at radius 2 is 0.987 bits per heavy atom. The summed E-state index contributed by atoms with van der Waals surface area (Å²) >= 11 is 0. The van der Waals surface area contributed by atoms with Gasteiger partial charge in [0.2, 0.25) is 23.3 Å². The smallest absolute Gasteiger partial charge is 0.475 e. The van der Waals surface area contributed by atoms with E-state index in [1.165, 1.54) is 48.5 Å². The zero-order valence-electron chi connectivity index (χ0n) is 41.3. The molecule has 0 radical (unpaired) electrons. The van der Waals surface area contributed by atoms with Gasteiger partial charge in [-0.2, -0.15) is 23.1 Å². The van der Waals surface area contributed by atoms with Crippen molar-refractivity contribution in [2.75, 3.05) is 69.2 Å². The van der Waals surface area contributed by atoms with Crippen molar-refractivity contribution in [3.63, 3.8) is 0 Å². The predicted molar refractivity (Wildman–Crippen MR) is 256 cm³/mol. The number of rotatable bonds is 12. The van der Waals surface area contributed by atoms with E-state index >= 15 is 0 Å². The minimum atomic E-state index is -5.08. The fourth-order valence-electron chi connectivity index (χ4n) is 7.53. The number of alkyl halides is 9. The second kappa shape index (κ2) is 23.7. The van der Waals surface area contributed by atoms with E-state index in [1.807, 2.05) is 32.0 Å². The number of halogens is 9. The van der Waals surface area contributed by atoms with Crippen LogP contribution in [0.1, 0.15) is 22.8 Å². The third-order valence-electron chi connectivity index (χ3n) is 11.4. The van der Waals surface area contributed by atoms with Gasteiger partial charge in [-0.05, 0) is 105 Å². The molecule has 2 aromatic carbocycles. The lowest BCUT2D eigenvalue weighted by Gasteiger charge is -2.33. The van der Waals surface area contributed by atoms with E-state index in [-0.39, 0.29) is 46.6 Å². The number of piperazine rings is 2. The standard InChI is InChI=1S/C23H23F3N8O2.C22H21F3N8O2.C2HF3O2/c1-15-28-21(22-29-20(31-36-22)17-3-5-18(6-4-17)35-23(24,25)26)30-34(15)14-16-7-8-27-19(13-16)33-11-9-32(2)10-12-33;1-14-28-20(21-29-19(31-35-21)16-2-4-17(5-3-16)34-22(23,24)25)30-33(14)13-15-6-7-27-18(12-15)32-10-8-26-9-11-32;3-2(4,5)1(6)7/h3-8,13H,9-12,14H2,1-2H3;2-7,12,26H,8-11,13H2,1H3;(H,6,7). The number of carboxylic acids is 1. The summed E-state index contributed by atoms with van der Waals surface area (Å²) in [6, 6.07) is 18.3. The lowest BCUT2D eigenvalue weighted by molar-refractivity contribution is -0.275. The molecule has 0 unspecified atom stereocenters. The number of nitrogens with one attached hydrogen (secondary N) is 1. The highest BCUT2D eigenvalue weighted by molar-refractivity contribution is 5.73. The van der Waals surface area contributed by atoms with Crippen LogP contribution in [0.4, 0.5) is 51.1 Å². The molecule has 8 aromatic rings. The van der Waals surface area contributed by atoms with Gasteiger partial charge < -0.3 is 43.6 Å². The highest BCUT2D eigenvalue weighted by Crippen LogP contribution is 2.29. The number of hydrogen-bond acceptors (Lipinski definition) is 19. The molecule has 31 heteroatoms. The Morgan fingerprint density at radius 1 is 0.590 bits per heavy atom. The van der Waals surface area contributed by atoms with Gasteiger partial charge in [0, 0.05) is 75.9 Å². The number of aromatic nitrogens is 12. The Bertz CT molecular complexity index is 3260. The summed E-state index contributed by atoms with van der Waals surface area (Å²) in [7, 11) is 2.11. The van der Waals surface area contributed by atoms with Crippen LogP contribution < -0.4 is 24.6 Å². The molecule has 8 heterocycles. The maximum absolute atomic E-state index is 12.4. The van der Waals surface area contributed by atoms with E-state index in [4.69, 9.17) is 18.9 Å². The molecule has 2 N–H and O–H groups in total. The van der Waals surface area contributed by atoms with Gasteiger partial charge in [0.1, 0.15) is 34.8 Å². The number of anilines is 2. The van der Waals surface area contributed by atoms with Gasteiger partial charge in [-0.3, -0.25) is 0 Å². The van der Waals surface area contributed by atoms with Gasteiger partial charge in [0.15, 0.2) is 0 Å². The number of carbonyl (C=O) groups is 1. The molecule has 0 atom stereocenters. The quantitative estimate of drug-likeness (QED) is 0.116. The van der Waals surface area contributed by atoms with Gasteiger partial charge in [-0.25, -0.2) is 34.1 Å². The molecule has 2 saturated heterocycles. The summed E-state index contributed by atoms with van der Waals surface area (Å²) in [6.07, 6.45) is -11.0. The molecular formula is C47H45F9N16O6. The molecule has 0 aliphatic carbocycles. The van der Waals surface area contributed by atoms with Gasteiger partial charge in [-0.15, -0.1) is 36.5 Å². The van der Waals surface area contributed by atoms with Crippen LogP contribution in [0, 0.1) is 13.8 Å². The topological polar surface area (TPSA) is 243 Å². The predicted octanol–water partition coefficient (Wildman–Crippen LogP) is 7.09. The average molecular weight is 1100 g/mol. The van der Waals surface area contributed by atoms with E-state index in [1.54, 1.807) is 21.8 Å². The first-order valence-electron chi connectivity index (χ1n) is 23.3. The molecule has 0 bridgehead atoms. The number of aryl methyl sites for hydroxylation is 2. The summed E-state index contributed by atoms with van der Waals surface area (Å²) < 4.78 is 128. The van der Waals surface area contributed by atoms with Crippen molar-refractivity contribution in [2.24, 2.45) is 0 Å². The third kappa shape index (κ3) is 15.2. The van der Waals surface area contributed by atoms with Gasteiger partial charge in [-0.1, -0.05) is 10.3 Å². The minimum absolute atomic E-state index is 0.105. The van der Waals surface area contributed by atoms with Crippen LogP contribution in [0.25, 0.3) is 46.2 Å². The van der Waals surface area contributed by atoms with Gasteiger partial charge >= 0.3 is 24.9 Å². The zero-order valence-corrected chi connectivity index (χ0v) is 41.3. The van der Waals surface area contributed by atoms with Crippen LogP contribution in [-0.4, -0.2) is 154 Å². The van der Waals surface area contributed by atoms with Crippen molar-refractivity contribution in [1.82, 2.24) is 70.0 Å². The van der Waals surface area contributed by atoms with Crippen LogP contribution in [0.3, 0.4) is 0 Å². The highest BCUT2D eigenvalue weighted by Gasteiger charge is 2.38. The lowest BCUT2D eigenvalue weighted by atomic mass is 10.2.